The van der Waals surface area contributed by atoms with Crippen LogP contribution in [0.15, 0.2) is 64.5 Å². The van der Waals surface area contributed by atoms with Crippen LogP contribution in [-0.2, 0) is 11.3 Å². The van der Waals surface area contributed by atoms with Gasteiger partial charge in [-0.3, -0.25) is 14.2 Å². The van der Waals surface area contributed by atoms with Crippen molar-refractivity contribution in [3.63, 3.8) is 0 Å². The molecule has 0 unspecified atom stereocenters. The van der Waals surface area contributed by atoms with Crippen LogP contribution in [0.25, 0.3) is 10.9 Å². The lowest BCUT2D eigenvalue weighted by molar-refractivity contribution is -0.116. The number of fused-ring (bicyclic) bond motifs is 1. The zero-order chi connectivity index (χ0) is 22.2. The molecule has 1 amide bonds. The van der Waals surface area contributed by atoms with Crippen molar-refractivity contribution in [1.82, 2.24) is 9.55 Å². The second-order valence-electron chi connectivity index (χ2n) is 7.63. The largest absolute Gasteiger partial charge is 0.311 e. The molecule has 0 aliphatic carbocycles. The predicted octanol–water partition coefficient (Wildman–Crippen LogP) is 4.48. The first-order valence-corrected chi connectivity index (χ1v) is 11.3. The number of carbonyl (C=O) groups excluding carboxylic acids is 1. The maximum Gasteiger partial charge on any atom is 0.262 e. The van der Waals surface area contributed by atoms with Gasteiger partial charge in [-0.15, -0.1) is 0 Å². The minimum atomic E-state index is -0.121. The average molecular weight is 435 g/mol. The van der Waals surface area contributed by atoms with Gasteiger partial charge in [0, 0.05) is 18.8 Å². The molecule has 6 nitrogen and oxygen atoms in total. The SMILES string of the molecule is CC(C)CCn1c(SCC(=O)N(CCC#N)c2ccccc2)nc2ccccc2c1=O. The lowest BCUT2D eigenvalue weighted by Gasteiger charge is -2.22. The maximum atomic E-state index is 13.1. The molecule has 0 saturated carbocycles. The Balaban J connectivity index is 1.87. The van der Waals surface area contributed by atoms with Crippen LogP contribution < -0.4 is 10.5 Å². The van der Waals surface area contributed by atoms with E-state index in [1.165, 1.54) is 11.8 Å². The quantitative estimate of drug-likeness (QED) is 0.366. The first kappa shape index (κ1) is 22.6. The minimum absolute atomic E-state index is 0.0782. The predicted molar refractivity (Wildman–Crippen MR) is 125 cm³/mol. The molecule has 0 atom stereocenters. The van der Waals surface area contributed by atoms with Gasteiger partial charge in [-0.05, 0) is 36.6 Å². The van der Waals surface area contributed by atoms with Crippen molar-refractivity contribution < 1.29 is 4.79 Å². The molecule has 7 heteroatoms. The summed E-state index contributed by atoms with van der Waals surface area (Å²) in [6, 6.07) is 18.7. The van der Waals surface area contributed by atoms with Gasteiger partial charge in [0.05, 0.1) is 29.1 Å². The van der Waals surface area contributed by atoms with E-state index in [-0.39, 0.29) is 23.6 Å². The van der Waals surface area contributed by atoms with Gasteiger partial charge in [-0.2, -0.15) is 5.26 Å². The fraction of sp³-hybridized carbons (Fsp3) is 0.333. The zero-order valence-corrected chi connectivity index (χ0v) is 18.6. The molecule has 1 aromatic heterocycles. The first-order chi connectivity index (χ1) is 15.0. The number of rotatable bonds is 9. The summed E-state index contributed by atoms with van der Waals surface area (Å²) < 4.78 is 1.68. The van der Waals surface area contributed by atoms with Gasteiger partial charge in [-0.25, -0.2) is 4.98 Å². The molecule has 31 heavy (non-hydrogen) atoms. The Morgan fingerprint density at radius 3 is 2.58 bits per heavy atom. The van der Waals surface area contributed by atoms with Crippen LogP contribution >= 0.6 is 11.8 Å². The molecule has 0 saturated heterocycles. The molecular weight excluding hydrogens is 408 g/mol. The van der Waals surface area contributed by atoms with Crippen LogP contribution in [0.1, 0.15) is 26.7 Å². The number of amides is 1. The Kier molecular flexibility index (Phi) is 7.85. The van der Waals surface area contributed by atoms with Crippen molar-refractivity contribution in [3.8, 4) is 6.07 Å². The van der Waals surface area contributed by atoms with Crippen LogP contribution in [-0.4, -0.2) is 27.8 Å². The van der Waals surface area contributed by atoms with E-state index < -0.39 is 0 Å². The smallest absolute Gasteiger partial charge is 0.262 e. The van der Waals surface area contributed by atoms with Crippen LogP contribution in [0.2, 0.25) is 0 Å². The van der Waals surface area contributed by atoms with E-state index in [2.05, 4.69) is 24.9 Å². The van der Waals surface area contributed by atoms with E-state index in [1.807, 2.05) is 48.5 Å². The molecule has 3 aromatic rings. The summed E-state index contributed by atoms with van der Waals surface area (Å²) in [5.41, 5.74) is 1.31. The van der Waals surface area contributed by atoms with E-state index in [0.29, 0.717) is 35.1 Å². The van der Waals surface area contributed by atoms with Crippen molar-refractivity contribution in [2.45, 2.75) is 38.4 Å². The number of hydrogen-bond donors (Lipinski definition) is 0. The van der Waals surface area contributed by atoms with E-state index in [9.17, 15) is 9.59 Å². The molecule has 160 valence electrons. The monoisotopic (exact) mass is 434 g/mol. The number of hydrogen-bond acceptors (Lipinski definition) is 5. The molecule has 3 rings (SSSR count). The number of aromatic nitrogens is 2. The third-order valence-electron chi connectivity index (χ3n) is 4.90. The van der Waals surface area contributed by atoms with Crippen molar-refractivity contribution in [2.75, 3.05) is 17.2 Å². The summed E-state index contributed by atoms with van der Waals surface area (Å²) in [6.45, 7) is 5.11. The highest BCUT2D eigenvalue weighted by Gasteiger charge is 2.18. The normalized spacial score (nSPS) is 10.9. The molecule has 0 N–H and O–H groups in total. The number of carbonyl (C=O) groups is 1. The van der Waals surface area contributed by atoms with Crippen LogP contribution in [0.5, 0.6) is 0 Å². The highest BCUT2D eigenvalue weighted by molar-refractivity contribution is 7.99. The Morgan fingerprint density at radius 1 is 1.16 bits per heavy atom. The summed E-state index contributed by atoms with van der Waals surface area (Å²) in [4.78, 5) is 32.4. The van der Waals surface area contributed by atoms with Crippen molar-refractivity contribution in [1.29, 1.82) is 5.26 Å². The van der Waals surface area contributed by atoms with Gasteiger partial charge in [-0.1, -0.05) is 55.9 Å². The van der Waals surface area contributed by atoms with Gasteiger partial charge < -0.3 is 4.90 Å². The minimum Gasteiger partial charge on any atom is -0.311 e. The van der Waals surface area contributed by atoms with E-state index in [4.69, 9.17) is 5.26 Å². The van der Waals surface area contributed by atoms with E-state index in [0.717, 1.165) is 12.1 Å². The number of nitriles is 1. The number of benzene rings is 2. The van der Waals surface area contributed by atoms with Crippen molar-refractivity contribution in [3.05, 3.63) is 65.0 Å². The van der Waals surface area contributed by atoms with Crippen LogP contribution in [0.3, 0.4) is 0 Å². The number of thioether (sulfide) groups is 1. The average Bonchev–Trinajstić information content (AvgIpc) is 2.78. The van der Waals surface area contributed by atoms with Gasteiger partial charge >= 0.3 is 0 Å². The molecular formula is C24H26N4O2S. The lowest BCUT2D eigenvalue weighted by Crippen LogP contribution is -2.33. The molecule has 0 spiro atoms. The second-order valence-corrected chi connectivity index (χ2v) is 8.57. The Bertz CT molecular complexity index is 1140. The summed E-state index contributed by atoms with van der Waals surface area (Å²) in [6.07, 6.45) is 1.10. The number of anilines is 1. The summed E-state index contributed by atoms with van der Waals surface area (Å²) in [7, 11) is 0. The fourth-order valence-electron chi connectivity index (χ4n) is 3.21. The van der Waals surface area contributed by atoms with Gasteiger partial charge in [0.15, 0.2) is 5.16 Å². The van der Waals surface area contributed by atoms with Gasteiger partial charge in [0.25, 0.3) is 5.56 Å². The Labute approximate surface area is 186 Å². The summed E-state index contributed by atoms with van der Waals surface area (Å²) in [5, 5.41) is 10.1. The molecule has 2 aromatic carbocycles. The van der Waals surface area contributed by atoms with E-state index in [1.54, 1.807) is 15.5 Å². The van der Waals surface area contributed by atoms with Gasteiger partial charge in [0.1, 0.15) is 0 Å². The highest BCUT2D eigenvalue weighted by atomic mass is 32.2. The fourth-order valence-corrected chi connectivity index (χ4v) is 4.12. The Hall–Kier alpha value is -3.11. The molecule has 1 heterocycles. The molecule has 0 radical (unpaired) electrons. The molecule has 0 aliphatic heterocycles. The summed E-state index contributed by atoms with van der Waals surface area (Å²) >= 11 is 1.27. The van der Waals surface area contributed by atoms with Crippen molar-refractivity contribution >= 4 is 34.3 Å². The third kappa shape index (κ3) is 5.74. The molecule has 0 bridgehead atoms. The second kappa shape index (κ2) is 10.8. The Morgan fingerprint density at radius 2 is 1.87 bits per heavy atom. The summed E-state index contributed by atoms with van der Waals surface area (Å²) in [5.74, 6) is 0.453. The lowest BCUT2D eigenvalue weighted by atomic mass is 10.1. The highest BCUT2D eigenvalue weighted by Crippen LogP contribution is 2.21. The van der Waals surface area contributed by atoms with Crippen LogP contribution in [0, 0.1) is 17.2 Å². The van der Waals surface area contributed by atoms with Crippen LogP contribution in [0.4, 0.5) is 5.69 Å². The maximum absolute atomic E-state index is 13.1. The standard InChI is InChI=1S/C24H26N4O2S/c1-18(2)13-16-28-23(30)20-11-6-7-12-21(20)26-24(28)31-17-22(29)27(15-8-14-25)19-9-4-3-5-10-19/h3-7,9-12,18H,8,13,15-17H2,1-2H3. The number of nitrogens with zero attached hydrogens (tertiary/aromatic N) is 4. The topological polar surface area (TPSA) is 79.0 Å². The first-order valence-electron chi connectivity index (χ1n) is 10.4. The number of para-hydroxylation sites is 2. The molecule has 0 aliphatic rings. The zero-order valence-electron chi connectivity index (χ0n) is 17.8. The van der Waals surface area contributed by atoms with Gasteiger partial charge in [0.2, 0.25) is 5.91 Å². The van der Waals surface area contributed by atoms with E-state index >= 15 is 0 Å². The van der Waals surface area contributed by atoms with Crippen molar-refractivity contribution in [2.24, 2.45) is 5.92 Å². The molecule has 0 fully saturated rings. The third-order valence-corrected chi connectivity index (χ3v) is 5.86.